The molecule has 0 aromatic carbocycles. The second kappa shape index (κ2) is 58.4. The van der Waals surface area contributed by atoms with Crippen LogP contribution in [0.15, 0.2) is 0 Å². The summed E-state index contributed by atoms with van der Waals surface area (Å²) >= 11 is 0. The maximum Gasteiger partial charge on any atom is 0.471 e. The molecule has 0 radical (unpaired) electrons. The van der Waals surface area contributed by atoms with Crippen molar-refractivity contribution in [3.8, 4) is 0 Å². The lowest BCUT2D eigenvalue weighted by Gasteiger charge is -2.42. The third-order valence-corrected chi connectivity index (χ3v) is 18.9. The second-order valence-corrected chi connectivity index (χ2v) is 29.3. The van der Waals surface area contributed by atoms with Crippen molar-refractivity contribution in [1.82, 2.24) is 58.5 Å². The number of unbranched alkanes of at least 4 members (excludes halogenated alkanes) is 3. The molecule has 3 rings (SSSR count). The molecule has 3 fully saturated rings. The third-order valence-electron chi connectivity index (χ3n) is 17.9. The second-order valence-electron chi connectivity index (χ2n) is 27.7. The Hall–Kier alpha value is -6.44. The third kappa shape index (κ3) is 43.2. The van der Waals surface area contributed by atoms with Gasteiger partial charge in [0.15, 0.2) is 18.9 Å². The van der Waals surface area contributed by atoms with Gasteiger partial charge in [0.05, 0.1) is 85.9 Å². The number of ether oxygens (including phenoxy) is 9. The summed E-state index contributed by atoms with van der Waals surface area (Å²) in [5.41, 5.74) is -1.56. The Morgan fingerprint density at radius 2 is 0.626 bits per heavy atom. The Labute approximate surface area is 667 Å². The summed E-state index contributed by atoms with van der Waals surface area (Å²) < 4.78 is 72.4. The first-order chi connectivity index (χ1) is 54.9. The lowest BCUT2D eigenvalue weighted by molar-refractivity contribution is -0.270. The Kier molecular flexibility index (Phi) is 52.2. The molecule has 16 atom stereocenters. The van der Waals surface area contributed by atoms with Crippen LogP contribution >= 0.6 is 7.82 Å². The number of rotatable bonds is 62. The summed E-state index contributed by atoms with van der Waals surface area (Å²) in [5.74, 6) is -4.83. The van der Waals surface area contributed by atoms with Crippen molar-refractivity contribution >= 4 is 72.8 Å². The molecule has 0 aromatic heterocycles. The number of nitrogens with one attached hydrogen (secondary N) is 11. The quantitative estimate of drug-likeness (QED) is 0.0199. The molecule has 21 N–H and O–H groups in total. The first-order valence-corrected chi connectivity index (χ1v) is 40.4. The minimum Gasteiger partial charge on any atom is -0.394 e. The average Bonchev–Trinajstić information content (AvgIpc) is 0.814. The minimum absolute atomic E-state index is 0.00778. The van der Waals surface area contributed by atoms with E-state index in [9.17, 15) is 108 Å². The first kappa shape index (κ1) is 103. The molecular weight excluding hydrogens is 1550 g/mol. The number of phosphoric acid groups is 1. The average molecular weight is 1680 g/mol. The monoisotopic (exact) mass is 1680 g/mol. The van der Waals surface area contributed by atoms with Crippen LogP contribution in [-0.4, -0.2) is 352 Å². The fraction of sp³-hybridized carbons (Fsp3) is 0.843. The largest absolute Gasteiger partial charge is 0.471 e. The van der Waals surface area contributed by atoms with E-state index in [1.54, 1.807) is 0 Å². The van der Waals surface area contributed by atoms with E-state index in [4.69, 9.17) is 47.2 Å². The molecule has 45 heteroatoms. The van der Waals surface area contributed by atoms with Crippen molar-refractivity contribution in [2.24, 2.45) is 0 Å². The minimum atomic E-state index is -4.09. The number of carbonyl (C=O) groups is 11. The van der Waals surface area contributed by atoms with Gasteiger partial charge in [0.2, 0.25) is 65.0 Å². The van der Waals surface area contributed by atoms with E-state index < -0.39 is 166 Å². The molecule has 3 heterocycles. The summed E-state index contributed by atoms with van der Waals surface area (Å²) in [6, 6.07) is -3.44. The molecule has 3 saturated heterocycles. The number of phosphoric ester groups is 1. The molecular formula is C70H126N11O33P. The highest BCUT2D eigenvalue weighted by Gasteiger charge is 2.48. The van der Waals surface area contributed by atoms with Crippen LogP contribution in [0.25, 0.3) is 0 Å². The highest BCUT2D eigenvalue weighted by molar-refractivity contribution is 7.47. The van der Waals surface area contributed by atoms with Gasteiger partial charge in [-0.15, -0.1) is 0 Å². The molecule has 7 unspecified atom stereocenters. The summed E-state index contributed by atoms with van der Waals surface area (Å²) in [6.45, 7) is 1.21. The molecule has 3 aliphatic heterocycles. The highest BCUT2D eigenvalue weighted by Crippen LogP contribution is 2.42. The number of aliphatic hydroxyl groups excluding tert-OH is 9. The van der Waals surface area contributed by atoms with E-state index >= 15 is 0 Å². The van der Waals surface area contributed by atoms with Gasteiger partial charge in [0, 0.05) is 125 Å². The zero-order valence-corrected chi connectivity index (χ0v) is 66.9. The molecule has 0 spiro atoms. The van der Waals surface area contributed by atoms with Gasteiger partial charge in [-0.05, 0) is 57.8 Å². The van der Waals surface area contributed by atoms with Crippen molar-refractivity contribution in [3.63, 3.8) is 0 Å². The molecule has 0 saturated carbocycles. The summed E-state index contributed by atoms with van der Waals surface area (Å²) in [4.78, 5) is 149. The number of hydrogen-bond acceptors (Lipinski definition) is 32. The van der Waals surface area contributed by atoms with E-state index in [0.29, 0.717) is 51.5 Å². The molecule has 44 nitrogen and oxygen atoms in total. The van der Waals surface area contributed by atoms with Crippen molar-refractivity contribution < 1.29 is 160 Å². The van der Waals surface area contributed by atoms with E-state index in [1.807, 2.05) is 0 Å². The molecule has 0 aliphatic carbocycles. The molecule has 0 bridgehead atoms. The normalized spacial score (nSPS) is 24.3. The zero-order valence-electron chi connectivity index (χ0n) is 66.0. The zero-order chi connectivity index (χ0) is 85.1. The fourth-order valence-corrected chi connectivity index (χ4v) is 12.2. The lowest BCUT2D eigenvalue weighted by atomic mass is 9.97. The fourth-order valence-electron chi connectivity index (χ4n) is 11.7. The maximum absolute atomic E-state index is 13.9. The van der Waals surface area contributed by atoms with Crippen LogP contribution in [-0.2, 0) is 109 Å². The van der Waals surface area contributed by atoms with E-state index in [-0.39, 0.29) is 206 Å². The number of hydrogen-bond donors (Lipinski definition) is 21. The SMILES string of the molecule is COP(=O)(O)OCCCCCCNC(=O)CCCC(=O)NC(COCCC(=O)NCCCNC(=O)CCCO[C@@H]1OC(CO)[C@@H](O)[C@H](O)C1NC(C)=O)(COCCC(=O)NCCCNC(=O)CCCO[C@@H]1OC(CO)[C@@H](O)[C@H](O)C1NC(C)=O)COCCC(=O)NCCCNC(=O)CCCO[C@@H]1OC(CO)[C@@H](O)[C@H](O)C1NC(C)=O. The molecule has 664 valence electrons. The van der Waals surface area contributed by atoms with Gasteiger partial charge >= 0.3 is 7.82 Å². The molecule has 0 aromatic rings. The Bertz CT molecular complexity index is 2700. The van der Waals surface area contributed by atoms with Crippen LogP contribution < -0.4 is 58.5 Å². The highest BCUT2D eigenvalue weighted by atomic mass is 31.2. The van der Waals surface area contributed by atoms with E-state index in [2.05, 4.69) is 63.0 Å². The van der Waals surface area contributed by atoms with Crippen LogP contribution in [0.5, 0.6) is 0 Å². The topological polar surface area (TPSA) is 641 Å². The van der Waals surface area contributed by atoms with Gasteiger partial charge in [-0.3, -0.25) is 61.8 Å². The lowest BCUT2D eigenvalue weighted by Crippen LogP contribution is -2.64. The van der Waals surface area contributed by atoms with Crippen LogP contribution in [0, 0.1) is 0 Å². The van der Waals surface area contributed by atoms with Gasteiger partial charge in [-0.25, -0.2) is 4.57 Å². The first-order valence-electron chi connectivity index (χ1n) is 38.9. The van der Waals surface area contributed by atoms with E-state index in [1.165, 1.54) is 20.8 Å². The molecule has 3 aliphatic rings. The van der Waals surface area contributed by atoms with Crippen LogP contribution in [0.1, 0.15) is 143 Å². The number of amides is 11. The maximum atomic E-state index is 13.9. The Balaban J connectivity index is 1.61. The number of carbonyl (C=O) groups excluding carboxylic acids is 11. The Morgan fingerprint density at radius 3 is 0.922 bits per heavy atom. The van der Waals surface area contributed by atoms with Gasteiger partial charge < -0.3 is 152 Å². The summed E-state index contributed by atoms with van der Waals surface area (Å²) in [7, 11) is -3.03. The van der Waals surface area contributed by atoms with Gasteiger partial charge in [-0.1, -0.05) is 12.8 Å². The van der Waals surface area contributed by atoms with E-state index in [0.717, 1.165) is 7.11 Å². The Morgan fingerprint density at radius 1 is 0.348 bits per heavy atom. The number of aliphatic hydroxyl groups is 9. The standard InChI is InChI=1S/C70H126N11O33P/c1-44(85)78-58-64(99)61(96)47(38-82)112-67(58)108-31-10-18-51(89)72-25-13-28-75-54(92)21-35-105-41-70(81-57(95)17-9-16-50(88)71-24-7-5-6-8-34-111-115(102,103)104-4,42-106-36-22-55(93)76-29-14-26-73-52(90)19-11-32-109-68-59(79-45(2)86)65(100)62(97)48(39-83)113-68)43-107-37-23-56(94)77-30-15-27-74-53(91)20-12-33-110-69-60(80-46(3)87)66(101)63(98)49(40-84)114-69/h47-49,58-69,82-84,96-101H,5-43H2,1-4H3,(H,71,88)(H,72,89)(H,73,90)(H,74,91)(H,75,92)(H,76,93)(H,77,94)(H,78,85)(H,79,86)(H,80,87)(H,81,95)(H,102,103)/t47?,48?,49?,58?,59?,60?,61-,62-,63-,64-,65-,66-,67-,68-,69-,70?/m1/s1. The van der Waals surface area contributed by atoms with Crippen molar-refractivity contribution in [2.75, 3.05) is 139 Å². The smallest absolute Gasteiger partial charge is 0.394 e. The van der Waals surface area contributed by atoms with Crippen LogP contribution in [0.2, 0.25) is 0 Å². The van der Waals surface area contributed by atoms with Crippen molar-refractivity contribution in [3.05, 3.63) is 0 Å². The van der Waals surface area contributed by atoms with Gasteiger partial charge in [0.25, 0.3) is 0 Å². The molecule has 11 amide bonds. The van der Waals surface area contributed by atoms with Gasteiger partial charge in [0.1, 0.15) is 78.6 Å². The van der Waals surface area contributed by atoms with Crippen molar-refractivity contribution in [2.45, 2.75) is 240 Å². The van der Waals surface area contributed by atoms with Crippen molar-refractivity contribution in [1.29, 1.82) is 0 Å². The summed E-state index contributed by atoms with van der Waals surface area (Å²) in [5, 5.41) is 121. The van der Waals surface area contributed by atoms with Crippen LogP contribution in [0.4, 0.5) is 0 Å². The van der Waals surface area contributed by atoms with Gasteiger partial charge in [-0.2, -0.15) is 0 Å². The molecule has 115 heavy (non-hydrogen) atoms. The predicted octanol–water partition coefficient (Wildman–Crippen LogP) is -7.24. The summed E-state index contributed by atoms with van der Waals surface area (Å²) in [6.07, 6.45) is -12.9. The van der Waals surface area contributed by atoms with Crippen LogP contribution in [0.3, 0.4) is 0 Å². The predicted molar refractivity (Wildman–Crippen MR) is 399 cm³/mol.